The molecular weight excluding hydrogens is 274 g/mol. The minimum absolute atomic E-state index is 0.0518. The molecule has 6 nitrogen and oxygen atoms in total. The van der Waals surface area contributed by atoms with Gasteiger partial charge in [-0.05, 0) is 6.42 Å². The molecule has 0 aliphatic carbocycles. The van der Waals surface area contributed by atoms with Crippen LogP contribution in [0.15, 0.2) is 11.7 Å². The Balaban J connectivity index is 1.63. The minimum Gasteiger partial charge on any atom is -0.349 e. The summed E-state index contributed by atoms with van der Waals surface area (Å²) < 4.78 is 0. The van der Waals surface area contributed by atoms with Crippen molar-refractivity contribution in [1.82, 2.24) is 25.6 Å². The van der Waals surface area contributed by atoms with E-state index in [9.17, 15) is 4.79 Å². The number of aromatic amines is 1. The van der Waals surface area contributed by atoms with E-state index in [1.165, 1.54) is 0 Å². The van der Waals surface area contributed by atoms with Crippen molar-refractivity contribution in [2.24, 2.45) is 0 Å². The van der Waals surface area contributed by atoms with E-state index in [2.05, 4.69) is 32.5 Å². The first kappa shape index (κ1) is 13.3. The van der Waals surface area contributed by atoms with Crippen LogP contribution in [0.2, 0.25) is 0 Å². The third kappa shape index (κ3) is 2.59. The lowest BCUT2D eigenvalue weighted by Gasteiger charge is -2.21. The summed E-state index contributed by atoms with van der Waals surface area (Å²) in [5, 5.41) is 9.22. The Morgan fingerprint density at radius 3 is 3.30 bits per heavy atom. The second-order valence-electron chi connectivity index (χ2n) is 4.71. The van der Waals surface area contributed by atoms with Gasteiger partial charge in [0, 0.05) is 24.0 Å². The Kier molecular flexibility index (Phi) is 3.79. The number of hydrogen-bond acceptors (Lipinski definition) is 5. The van der Waals surface area contributed by atoms with Crippen LogP contribution in [0, 0.1) is 0 Å². The molecule has 106 valence electrons. The Morgan fingerprint density at radius 2 is 2.50 bits per heavy atom. The molecule has 3 N–H and O–H groups in total. The number of rotatable bonds is 4. The van der Waals surface area contributed by atoms with E-state index in [0.29, 0.717) is 6.54 Å². The maximum Gasteiger partial charge on any atom is 0.243 e. The smallest absolute Gasteiger partial charge is 0.243 e. The van der Waals surface area contributed by atoms with Crippen molar-refractivity contribution in [3.05, 3.63) is 33.8 Å². The Labute approximate surface area is 121 Å². The molecule has 0 saturated carbocycles. The van der Waals surface area contributed by atoms with Crippen LogP contribution in [-0.2, 0) is 24.2 Å². The molecular formula is C13H17N5OS. The van der Waals surface area contributed by atoms with Gasteiger partial charge in [-0.25, -0.2) is 9.97 Å². The van der Waals surface area contributed by atoms with Crippen LogP contribution in [0.4, 0.5) is 0 Å². The number of nitrogens with zero attached hydrogens (tertiary/aromatic N) is 2. The van der Waals surface area contributed by atoms with Gasteiger partial charge in [0.25, 0.3) is 0 Å². The largest absolute Gasteiger partial charge is 0.349 e. The molecule has 0 radical (unpaired) electrons. The highest BCUT2D eigenvalue weighted by molar-refractivity contribution is 7.09. The molecule has 3 heterocycles. The number of aryl methyl sites for hydroxylation is 1. The zero-order chi connectivity index (χ0) is 13.9. The molecule has 0 unspecified atom stereocenters. The Hall–Kier alpha value is -1.73. The molecule has 0 bridgehead atoms. The molecule has 0 fully saturated rings. The van der Waals surface area contributed by atoms with Crippen LogP contribution in [-0.4, -0.2) is 27.4 Å². The van der Waals surface area contributed by atoms with E-state index in [0.717, 1.165) is 41.5 Å². The quantitative estimate of drug-likeness (QED) is 0.782. The number of hydrogen-bond donors (Lipinski definition) is 3. The average Bonchev–Trinajstić information content (AvgIpc) is 3.12. The number of carbonyl (C=O) groups excluding carboxylic acids is 1. The summed E-state index contributed by atoms with van der Waals surface area (Å²) in [6, 6.07) is -0.366. The third-order valence-electron chi connectivity index (χ3n) is 3.36. The summed E-state index contributed by atoms with van der Waals surface area (Å²) in [6.07, 6.45) is 3.45. The van der Waals surface area contributed by atoms with Crippen molar-refractivity contribution in [3.63, 3.8) is 0 Å². The lowest BCUT2D eigenvalue weighted by molar-refractivity contribution is -0.123. The SMILES string of the molecule is CCc1nc(CNC(=O)[C@@H]2NCCc3[nH]cnc32)cs1. The van der Waals surface area contributed by atoms with E-state index in [1.54, 1.807) is 17.7 Å². The molecule has 2 aromatic rings. The number of nitrogens with one attached hydrogen (secondary N) is 3. The van der Waals surface area contributed by atoms with Crippen LogP contribution < -0.4 is 10.6 Å². The number of aromatic nitrogens is 3. The molecule has 7 heteroatoms. The summed E-state index contributed by atoms with van der Waals surface area (Å²) in [5.41, 5.74) is 2.77. The average molecular weight is 291 g/mol. The normalized spacial score (nSPS) is 17.8. The van der Waals surface area contributed by atoms with Crippen LogP contribution in [0.1, 0.15) is 35.1 Å². The van der Waals surface area contributed by atoms with E-state index < -0.39 is 0 Å². The summed E-state index contributed by atoms with van der Waals surface area (Å²) in [5.74, 6) is -0.0518. The predicted octanol–water partition coefficient (Wildman–Crippen LogP) is 0.932. The second-order valence-corrected chi connectivity index (χ2v) is 5.65. The summed E-state index contributed by atoms with van der Waals surface area (Å²) in [6.45, 7) is 3.32. The van der Waals surface area contributed by atoms with Crippen LogP contribution in [0.25, 0.3) is 0 Å². The maximum atomic E-state index is 12.3. The molecule has 2 aromatic heterocycles. The summed E-state index contributed by atoms with van der Waals surface area (Å²) in [4.78, 5) is 24.0. The molecule has 0 spiro atoms. The Bertz CT molecular complexity index is 605. The van der Waals surface area contributed by atoms with Gasteiger partial charge in [-0.2, -0.15) is 0 Å². The van der Waals surface area contributed by atoms with Gasteiger partial charge in [0.2, 0.25) is 5.91 Å². The number of carbonyl (C=O) groups is 1. The van der Waals surface area contributed by atoms with E-state index in [-0.39, 0.29) is 11.9 Å². The first-order valence-electron chi connectivity index (χ1n) is 6.74. The van der Waals surface area contributed by atoms with Crippen molar-refractivity contribution >= 4 is 17.2 Å². The van der Waals surface area contributed by atoms with Gasteiger partial charge in [0.15, 0.2) is 0 Å². The lowest BCUT2D eigenvalue weighted by Crippen LogP contribution is -2.41. The zero-order valence-electron chi connectivity index (χ0n) is 11.3. The molecule has 20 heavy (non-hydrogen) atoms. The summed E-state index contributed by atoms with van der Waals surface area (Å²) >= 11 is 1.63. The van der Waals surface area contributed by atoms with Gasteiger partial charge in [-0.3, -0.25) is 4.79 Å². The van der Waals surface area contributed by atoms with Crippen LogP contribution in [0.5, 0.6) is 0 Å². The van der Waals surface area contributed by atoms with Crippen molar-refractivity contribution < 1.29 is 4.79 Å². The third-order valence-corrected chi connectivity index (χ3v) is 4.40. The standard InChI is InChI=1S/C13H17N5OS/c1-2-10-18-8(6-20-10)5-15-13(19)12-11-9(3-4-14-12)16-7-17-11/h6-7,12,14H,2-5H2,1H3,(H,15,19)(H,16,17)/t12-/m1/s1. The molecule has 1 aliphatic heterocycles. The molecule has 0 saturated heterocycles. The van der Waals surface area contributed by atoms with Gasteiger partial charge in [0.1, 0.15) is 6.04 Å². The van der Waals surface area contributed by atoms with E-state index in [1.807, 2.05) is 5.38 Å². The van der Waals surface area contributed by atoms with Crippen molar-refractivity contribution in [2.45, 2.75) is 32.4 Å². The van der Waals surface area contributed by atoms with Crippen molar-refractivity contribution in [1.29, 1.82) is 0 Å². The van der Waals surface area contributed by atoms with Gasteiger partial charge in [-0.1, -0.05) is 6.92 Å². The fourth-order valence-corrected chi connectivity index (χ4v) is 3.05. The number of H-pyrrole nitrogens is 1. The van der Waals surface area contributed by atoms with Crippen LogP contribution in [0.3, 0.4) is 0 Å². The van der Waals surface area contributed by atoms with Gasteiger partial charge >= 0.3 is 0 Å². The molecule has 3 rings (SSSR count). The fourth-order valence-electron chi connectivity index (χ4n) is 2.31. The second kappa shape index (κ2) is 5.72. The first-order valence-corrected chi connectivity index (χ1v) is 7.62. The molecule has 1 atom stereocenters. The molecule has 0 aromatic carbocycles. The van der Waals surface area contributed by atoms with Crippen molar-refractivity contribution in [2.75, 3.05) is 6.54 Å². The Morgan fingerprint density at radius 1 is 1.60 bits per heavy atom. The topological polar surface area (TPSA) is 82.7 Å². The van der Waals surface area contributed by atoms with Gasteiger partial charge in [-0.15, -0.1) is 11.3 Å². The number of imidazole rings is 1. The molecule has 1 amide bonds. The number of fused-ring (bicyclic) bond motifs is 1. The van der Waals surface area contributed by atoms with Gasteiger partial charge < -0.3 is 15.6 Å². The fraction of sp³-hybridized carbons (Fsp3) is 0.462. The highest BCUT2D eigenvalue weighted by Crippen LogP contribution is 2.19. The van der Waals surface area contributed by atoms with Gasteiger partial charge in [0.05, 0.1) is 29.3 Å². The monoisotopic (exact) mass is 291 g/mol. The maximum absolute atomic E-state index is 12.3. The zero-order valence-corrected chi connectivity index (χ0v) is 12.1. The van der Waals surface area contributed by atoms with E-state index in [4.69, 9.17) is 0 Å². The number of thiazole rings is 1. The highest BCUT2D eigenvalue weighted by Gasteiger charge is 2.28. The molecule has 1 aliphatic rings. The minimum atomic E-state index is -0.366. The highest BCUT2D eigenvalue weighted by atomic mass is 32.1. The van der Waals surface area contributed by atoms with Crippen LogP contribution >= 0.6 is 11.3 Å². The van der Waals surface area contributed by atoms with Crippen molar-refractivity contribution in [3.8, 4) is 0 Å². The summed E-state index contributed by atoms with van der Waals surface area (Å²) in [7, 11) is 0. The number of amides is 1. The first-order chi connectivity index (χ1) is 9.78. The predicted molar refractivity (Wildman–Crippen MR) is 76.4 cm³/mol. The van der Waals surface area contributed by atoms with E-state index >= 15 is 0 Å². The lowest BCUT2D eigenvalue weighted by atomic mass is 10.1.